The molecule has 1 unspecified atom stereocenters. The van der Waals surface area contributed by atoms with Gasteiger partial charge in [0.1, 0.15) is 6.07 Å². The second-order valence-corrected chi connectivity index (χ2v) is 3.65. The van der Waals surface area contributed by atoms with E-state index in [1.807, 2.05) is 12.2 Å². The summed E-state index contributed by atoms with van der Waals surface area (Å²) in [5, 5.41) is 0. The van der Waals surface area contributed by atoms with Crippen LogP contribution in [0.2, 0.25) is 6.55 Å². The summed E-state index contributed by atoms with van der Waals surface area (Å²) >= 11 is 5.24. The summed E-state index contributed by atoms with van der Waals surface area (Å²) in [5.41, 5.74) is 1.84. The monoisotopic (exact) mass is 136 g/mol. The zero-order valence-electron chi connectivity index (χ0n) is 4.36. The Morgan fingerprint density at radius 3 is 2.71 bits per heavy atom. The lowest BCUT2D eigenvalue weighted by atomic mass is 11.3. The van der Waals surface area contributed by atoms with Crippen molar-refractivity contribution in [2.75, 3.05) is 6.07 Å². The van der Waals surface area contributed by atoms with Crippen molar-refractivity contribution in [3.05, 3.63) is 12.3 Å². The highest BCUT2D eigenvalue weighted by atomic mass is 35.5. The Balaban J connectivity index is 2.98. The van der Waals surface area contributed by atoms with Crippen LogP contribution < -0.4 is 0 Å². The lowest BCUT2D eigenvalue weighted by Crippen LogP contribution is -2.07. The van der Waals surface area contributed by atoms with E-state index in [-0.39, 0.29) is 0 Å². The molecule has 7 heavy (non-hydrogen) atoms. The summed E-state index contributed by atoms with van der Waals surface area (Å²) in [4.78, 5) is 0. The van der Waals surface area contributed by atoms with Crippen molar-refractivity contribution in [1.29, 1.82) is 0 Å². The zero-order chi connectivity index (χ0) is 5.70. The van der Waals surface area contributed by atoms with Gasteiger partial charge in [-0.25, -0.2) is 0 Å². The van der Waals surface area contributed by atoms with Gasteiger partial charge in [0.25, 0.3) is 0 Å². The number of rotatable bonds is 3. The van der Waals surface area contributed by atoms with E-state index in [1.165, 1.54) is 0 Å². The molecule has 3 heteroatoms. The van der Waals surface area contributed by atoms with E-state index in [0.717, 1.165) is 0 Å². The third-order valence-electron chi connectivity index (χ3n) is 0.658. The maximum absolute atomic E-state index is 5.24. The van der Waals surface area contributed by atoms with Crippen LogP contribution in [0, 0.1) is 0 Å². The van der Waals surface area contributed by atoms with E-state index < -0.39 is 9.04 Å². The van der Waals surface area contributed by atoms with Crippen LogP contribution in [0.25, 0.3) is 0 Å². The molecule has 0 aliphatic carbocycles. The van der Waals surface area contributed by atoms with Gasteiger partial charge in [-0.05, 0) is 6.55 Å². The van der Waals surface area contributed by atoms with Crippen molar-refractivity contribution < 1.29 is 4.43 Å². The van der Waals surface area contributed by atoms with E-state index in [1.54, 1.807) is 0 Å². The van der Waals surface area contributed by atoms with E-state index >= 15 is 0 Å². The summed E-state index contributed by atoms with van der Waals surface area (Å²) in [7, 11) is -1.05. The van der Waals surface area contributed by atoms with Crippen LogP contribution in [0.4, 0.5) is 0 Å². The molecule has 0 N–H and O–H groups in total. The molecular weight excluding hydrogens is 128 g/mol. The second kappa shape index (κ2) is 4.37. The molecule has 0 aromatic heterocycles. The van der Waals surface area contributed by atoms with Gasteiger partial charge in [-0.15, -0.1) is 6.58 Å². The molecule has 0 radical (unpaired) electrons. The topological polar surface area (TPSA) is 9.23 Å². The summed E-state index contributed by atoms with van der Waals surface area (Å²) in [6.45, 7) is 5.58. The molecule has 0 aromatic carbocycles. The van der Waals surface area contributed by atoms with Crippen LogP contribution in [0.1, 0.15) is 0 Å². The van der Waals surface area contributed by atoms with Crippen molar-refractivity contribution in [1.82, 2.24) is 0 Å². The molecule has 0 heterocycles. The normalized spacial score (nSPS) is 13.4. The number of alkyl halides is 1. The maximum atomic E-state index is 5.24. The molecule has 0 rings (SSSR count). The molecule has 0 aliphatic rings. The first-order valence-electron chi connectivity index (χ1n) is 2.11. The van der Waals surface area contributed by atoms with Crippen molar-refractivity contribution in [3.63, 3.8) is 0 Å². The van der Waals surface area contributed by atoms with Gasteiger partial charge in [-0.2, -0.15) is 0 Å². The Morgan fingerprint density at radius 2 is 2.57 bits per heavy atom. The van der Waals surface area contributed by atoms with Crippen molar-refractivity contribution >= 4 is 20.6 Å². The highest BCUT2D eigenvalue weighted by Crippen LogP contribution is 1.86. The first-order chi connectivity index (χ1) is 3.31. The van der Waals surface area contributed by atoms with Gasteiger partial charge < -0.3 is 4.43 Å². The van der Waals surface area contributed by atoms with Gasteiger partial charge in [0.15, 0.2) is 9.04 Å². The van der Waals surface area contributed by atoms with Crippen molar-refractivity contribution in [3.8, 4) is 0 Å². The quantitative estimate of drug-likeness (QED) is 0.420. The molecule has 0 bridgehead atoms. The van der Waals surface area contributed by atoms with Gasteiger partial charge >= 0.3 is 0 Å². The van der Waals surface area contributed by atoms with Gasteiger partial charge in [0.05, 0.1) is 0 Å². The van der Waals surface area contributed by atoms with Gasteiger partial charge in [-0.3, -0.25) is 0 Å². The predicted octanol–water partition coefficient (Wildman–Crippen LogP) is 1.28. The third-order valence-corrected chi connectivity index (χ3v) is 2.35. The molecule has 0 fully saturated rings. The molecule has 0 aliphatic heterocycles. The van der Waals surface area contributed by atoms with E-state index in [0.29, 0.717) is 6.07 Å². The SMILES string of the molecule is C=C[SiH](C)OCCl. The first kappa shape index (κ1) is 7.21. The van der Waals surface area contributed by atoms with Crippen LogP contribution >= 0.6 is 11.6 Å². The molecular formula is C4H9ClOSi. The molecule has 0 amide bonds. The zero-order valence-corrected chi connectivity index (χ0v) is 6.27. The van der Waals surface area contributed by atoms with Crippen LogP contribution in [0.15, 0.2) is 12.3 Å². The molecule has 0 aromatic rings. The smallest absolute Gasteiger partial charge is 0.199 e. The average molecular weight is 137 g/mol. The predicted molar refractivity (Wildman–Crippen MR) is 35.0 cm³/mol. The van der Waals surface area contributed by atoms with Crippen LogP contribution in [-0.4, -0.2) is 15.1 Å². The van der Waals surface area contributed by atoms with E-state index in [4.69, 9.17) is 16.0 Å². The molecule has 42 valence electrons. The minimum atomic E-state index is -1.05. The summed E-state index contributed by atoms with van der Waals surface area (Å²) in [6, 6.07) is 0.305. The Bertz CT molecular complexity index is 57.7. The van der Waals surface area contributed by atoms with Gasteiger partial charge in [0, 0.05) is 0 Å². The fraction of sp³-hybridized carbons (Fsp3) is 0.500. The molecule has 1 nitrogen and oxygen atoms in total. The van der Waals surface area contributed by atoms with E-state index in [9.17, 15) is 0 Å². The largest absolute Gasteiger partial charge is 0.403 e. The first-order valence-corrected chi connectivity index (χ1v) is 4.94. The van der Waals surface area contributed by atoms with Gasteiger partial charge in [0.2, 0.25) is 0 Å². The number of hydrogen-bond donors (Lipinski definition) is 0. The highest BCUT2D eigenvalue weighted by Gasteiger charge is 1.92. The van der Waals surface area contributed by atoms with Gasteiger partial charge in [-0.1, -0.05) is 17.3 Å². The van der Waals surface area contributed by atoms with Crippen LogP contribution in [0.5, 0.6) is 0 Å². The number of hydrogen-bond acceptors (Lipinski definition) is 1. The molecule has 1 atom stereocenters. The van der Waals surface area contributed by atoms with Crippen molar-refractivity contribution in [2.45, 2.75) is 6.55 Å². The minimum Gasteiger partial charge on any atom is -0.403 e. The lowest BCUT2D eigenvalue weighted by Gasteiger charge is -1.98. The van der Waals surface area contributed by atoms with Crippen LogP contribution in [0.3, 0.4) is 0 Å². The summed E-state index contributed by atoms with van der Waals surface area (Å²) in [6.07, 6.45) is 0. The standard InChI is InChI=1S/C4H9ClOSi/c1-3-7(2)6-4-5/h3,7H,1,4H2,2H3. The number of halogens is 1. The minimum absolute atomic E-state index is 0.305. The molecule has 0 saturated carbocycles. The fourth-order valence-corrected chi connectivity index (χ4v) is 1.10. The van der Waals surface area contributed by atoms with E-state index in [2.05, 4.69) is 6.58 Å². The Kier molecular flexibility index (Phi) is 4.50. The maximum Gasteiger partial charge on any atom is 0.199 e. The second-order valence-electron chi connectivity index (χ2n) is 1.22. The Hall–Kier alpha value is 0.207. The Labute approximate surface area is 50.7 Å². The average Bonchev–Trinajstić information content (AvgIpc) is 1.68. The summed E-state index contributed by atoms with van der Waals surface area (Å²) < 4.78 is 4.98. The van der Waals surface area contributed by atoms with Crippen LogP contribution in [-0.2, 0) is 4.43 Å². The highest BCUT2D eigenvalue weighted by molar-refractivity contribution is 6.56. The molecule has 0 saturated heterocycles. The third kappa shape index (κ3) is 4.05. The fourth-order valence-electron chi connectivity index (χ4n) is 0.167. The Morgan fingerprint density at radius 1 is 2.00 bits per heavy atom. The molecule has 0 spiro atoms. The lowest BCUT2D eigenvalue weighted by molar-refractivity contribution is 0.405. The summed E-state index contributed by atoms with van der Waals surface area (Å²) in [5.74, 6) is 0. The van der Waals surface area contributed by atoms with Crippen molar-refractivity contribution in [2.24, 2.45) is 0 Å².